The van der Waals surface area contributed by atoms with Crippen molar-refractivity contribution in [1.82, 2.24) is 15.4 Å². The van der Waals surface area contributed by atoms with Gasteiger partial charge in [0.25, 0.3) is 0 Å². The van der Waals surface area contributed by atoms with Crippen molar-refractivity contribution in [2.45, 2.75) is 32.4 Å². The van der Waals surface area contributed by atoms with Crippen LogP contribution in [0.15, 0.2) is 10.6 Å². The van der Waals surface area contributed by atoms with Crippen molar-refractivity contribution in [1.29, 1.82) is 0 Å². The van der Waals surface area contributed by atoms with E-state index in [9.17, 15) is 4.79 Å². The number of ether oxygens (including phenoxy) is 1. The Morgan fingerprint density at radius 1 is 1.50 bits per heavy atom. The van der Waals surface area contributed by atoms with Crippen molar-refractivity contribution in [3.8, 4) is 0 Å². The molecule has 1 aliphatic heterocycles. The second-order valence-electron chi connectivity index (χ2n) is 5.79. The fourth-order valence-corrected chi connectivity index (χ4v) is 3.50. The minimum atomic E-state index is -0.0166. The van der Waals surface area contributed by atoms with Crippen LogP contribution in [0.1, 0.15) is 24.3 Å². The first-order valence-electron chi connectivity index (χ1n) is 7.15. The summed E-state index contributed by atoms with van der Waals surface area (Å²) in [6.07, 6.45) is 2.66. The minimum absolute atomic E-state index is 0.0166. The number of fused-ring (bicyclic) bond motifs is 2. The number of aryl methyl sites for hydroxylation is 1. The smallest absolute Gasteiger partial charge is 0.317 e. The van der Waals surface area contributed by atoms with E-state index in [2.05, 4.69) is 10.5 Å². The second-order valence-corrected chi connectivity index (χ2v) is 5.79. The van der Waals surface area contributed by atoms with Gasteiger partial charge >= 0.3 is 6.03 Å². The molecule has 1 saturated carbocycles. The number of carbonyl (C=O) groups excluding carboxylic acids is 1. The molecule has 3 rings (SSSR count). The molecular formula is C14H21N3O3. The molecule has 6 heteroatoms. The van der Waals surface area contributed by atoms with E-state index < -0.39 is 0 Å². The van der Waals surface area contributed by atoms with E-state index in [0.717, 1.165) is 37.4 Å². The number of methoxy groups -OCH3 is 1. The van der Waals surface area contributed by atoms with E-state index in [0.29, 0.717) is 24.5 Å². The fourth-order valence-electron chi connectivity index (χ4n) is 3.50. The molecule has 0 aromatic carbocycles. The number of urea groups is 1. The van der Waals surface area contributed by atoms with E-state index >= 15 is 0 Å². The van der Waals surface area contributed by atoms with E-state index in [1.165, 1.54) is 0 Å². The van der Waals surface area contributed by atoms with Crippen LogP contribution in [-0.4, -0.2) is 42.4 Å². The molecule has 1 saturated heterocycles. The summed E-state index contributed by atoms with van der Waals surface area (Å²) in [6, 6.07) is 1.82. The Bertz CT molecular complexity index is 474. The van der Waals surface area contributed by atoms with Crippen LogP contribution in [0.2, 0.25) is 0 Å². The van der Waals surface area contributed by atoms with Crippen molar-refractivity contribution in [2.75, 3.05) is 20.2 Å². The van der Waals surface area contributed by atoms with E-state index in [1.807, 2.05) is 17.9 Å². The third kappa shape index (κ3) is 2.52. The number of hydrogen-bond acceptors (Lipinski definition) is 4. The highest BCUT2D eigenvalue weighted by atomic mass is 16.5. The monoisotopic (exact) mass is 279 g/mol. The van der Waals surface area contributed by atoms with Gasteiger partial charge in [-0.1, -0.05) is 5.16 Å². The zero-order chi connectivity index (χ0) is 14.1. The van der Waals surface area contributed by atoms with Crippen LogP contribution in [0.4, 0.5) is 4.79 Å². The summed E-state index contributed by atoms with van der Waals surface area (Å²) >= 11 is 0. The summed E-state index contributed by atoms with van der Waals surface area (Å²) < 4.78 is 10.5. The number of aromatic nitrogens is 1. The zero-order valence-electron chi connectivity index (χ0n) is 12.0. The summed E-state index contributed by atoms with van der Waals surface area (Å²) in [6.45, 7) is 3.83. The highest BCUT2D eigenvalue weighted by molar-refractivity contribution is 5.74. The number of rotatable bonds is 3. The summed E-state index contributed by atoms with van der Waals surface area (Å²) in [5, 5.41) is 6.78. The highest BCUT2D eigenvalue weighted by Gasteiger charge is 2.43. The van der Waals surface area contributed by atoms with Gasteiger partial charge in [-0.15, -0.1) is 0 Å². The Labute approximate surface area is 118 Å². The molecule has 2 amide bonds. The van der Waals surface area contributed by atoms with Gasteiger partial charge in [-0.05, 0) is 19.8 Å². The van der Waals surface area contributed by atoms with Crippen LogP contribution in [0, 0.1) is 18.8 Å². The van der Waals surface area contributed by atoms with Crippen molar-refractivity contribution < 1.29 is 14.1 Å². The molecule has 20 heavy (non-hydrogen) atoms. The Kier molecular flexibility index (Phi) is 3.65. The molecule has 1 aliphatic carbocycles. The second kappa shape index (κ2) is 5.44. The molecule has 2 bridgehead atoms. The lowest BCUT2D eigenvalue weighted by Crippen LogP contribution is -2.51. The number of piperidine rings is 1. The van der Waals surface area contributed by atoms with Crippen molar-refractivity contribution in [3.63, 3.8) is 0 Å². The quantitative estimate of drug-likeness (QED) is 0.911. The van der Waals surface area contributed by atoms with Gasteiger partial charge in [0, 0.05) is 38.1 Å². The average molecular weight is 279 g/mol. The molecule has 1 N–H and O–H groups in total. The summed E-state index contributed by atoms with van der Waals surface area (Å²) in [7, 11) is 1.78. The normalized spacial score (nSPS) is 28.7. The van der Waals surface area contributed by atoms with E-state index in [4.69, 9.17) is 9.26 Å². The van der Waals surface area contributed by atoms with Gasteiger partial charge in [0.2, 0.25) is 0 Å². The zero-order valence-corrected chi connectivity index (χ0v) is 12.0. The topological polar surface area (TPSA) is 67.6 Å². The largest absolute Gasteiger partial charge is 0.381 e. The molecule has 6 nitrogen and oxygen atoms in total. The fraction of sp³-hybridized carbons (Fsp3) is 0.714. The third-order valence-electron chi connectivity index (χ3n) is 4.40. The third-order valence-corrected chi connectivity index (χ3v) is 4.40. The molecule has 2 unspecified atom stereocenters. The highest BCUT2D eigenvalue weighted by Crippen LogP contribution is 2.38. The minimum Gasteiger partial charge on any atom is -0.381 e. The van der Waals surface area contributed by atoms with E-state index in [1.54, 1.807) is 7.11 Å². The Hall–Kier alpha value is -1.56. The van der Waals surface area contributed by atoms with Crippen molar-refractivity contribution in [3.05, 3.63) is 17.5 Å². The van der Waals surface area contributed by atoms with Crippen LogP contribution in [0.3, 0.4) is 0 Å². The van der Waals surface area contributed by atoms with Gasteiger partial charge in [-0.3, -0.25) is 0 Å². The number of amides is 2. The van der Waals surface area contributed by atoms with Gasteiger partial charge in [0.1, 0.15) is 11.5 Å². The Morgan fingerprint density at radius 3 is 2.75 bits per heavy atom. The number of nitrogens with one attached hydrogen (secondary N) is 1. The lowest BCUT2D eigenvalue weighted by molar-refractivity contribution is -0.00510. The SMILES string of the molecule is COC1C2CCC1CN(C(=O)NCc1cc(C)on1)C2. The first-order valence-corrected chi connectivity index (χ1v) is 7.15. The molecule has 110 valence electrons. The van der Waals surface area contributed by atoms with Crippen molar-refractivity contribution >= 4 is 6.03 Å². The average Bonchev–Trinajstić information content (AvgIpc) is 2.96. The van der Waals surface area contributed by atoms with Crippen LogP contribution < -0.4 is 5.32 Å². The van der Waals surface area contributed by atoms with Crippen LogP contribution in [0.5, 0.6) is 0 Å². The van der Waals surface area contributed by atoms with Gasteiger partial charge in [-0.2, -0.15) is 0 Å². The number of likely N-dealkylation sites (tertiary alicyclic amines) is 1. The van der Waals surface area contributed by atoms with Crippen LogP contribution >= 0.6 is 0 Å². The molecule has 2 aliphatic rings. The first kappa shape index (κ1) is 13.4. The molecule has 0 radical (unpaired) electrons. The number of hydrogen-bond donors (Lipinski definition) is 1. The predicted molar refractivity (Wildman–Crippen MR) is 72.1 cm³/mol. The molecule has 2 atom stereocenters. The molecule has 0 spiro atoms. The number of carbonyl (C=O) groups is 1. The lowest BCUT2D eigenvalue weighted by atomic mass is 9.95. The molecule has 1 aromatic rings. The Balaban J connectivity index is 1.54. The molecule has 2 heterocycles. The van der Waals surface area contributed by atoms with Gasteiger partial charge in [-0.25, -0.2) is 4.79 Å². The molecular weight excluding hydrogens is 258 g/mol. The number of nitrogens with zero attached hydrogens (tertiary/aromatic N) is 2. The van der Waals surface area contributed by atoms with Gasteiger partial charge in [0.05, 0.1) is 12.6 Å². The maximum atomic E-state index is 12.2. The summed E-state index contributed by atoms with van der Waals surface area (Å²) in [4.78, 5) is 14.1. The van der Waals surface area contributed by atoms with Crippen LogP contribution in [0.25, 0.3) is 0 Å². The van der Waals surface area contributed by atoms with Gasteiger partial charge < -0.3 is 19.5 Å². The molecule has 1 aromatic heterocycles. The van der Waals surface area contributed by atoms with E-state index in [-0.39, 0.29) is 6.03 Å². The van der Waals surface area contributed by atoms with Gasteiger partial charge in [0.15, 0.2) is 0 Å². The summed E-state index contributed by atoms with van der Waals surface area (Å²) in [5.41, 5.74) is 0.755. The maximum Gasteiger partial charge on any atom is 0.317 e. The summed E-state index contributed by atoms with van der Waals surface area (Å²) in [5.74, 6) is 1.73. The molecule has 2 fully saturated rings. The van der Waals surface area contributed by atoms with Crippen molar-refractivity contribution in [2.24, 2.45) is 11.8 Å². The first-order chi connectivity index (χ1) is 9.67. The Morgan fingerprint density at radius 2 is 2.20 bits per heavy atom. The maximum absolute atomic E-state index is 12.2. The standard InChI is InChI=1S/C14H21N3O3/c1-9-5-12(16-20-9)6-15-14(18)17-7-10-3-4-11(8-17)13(10)19-2/h5,10-11,13H,3-4,6-8H2,1-2H3,(H,15,18). The van der Waals surface area contributed by atoms with Crippen LogP contribution in [-0.2, 0) is 11.3 Å². The predicted octanol–water partition coefficient (Wildman–Crippen LogP) is 1.55. The lowest BCUT2D eigenvalue weighted by Gasteiger charge is -2.37.